The molecule has 5 nitrogen and oxygen atoms in total. The Morgan fingerprint density at radius 2 is 1.62 bits per heavy atom. The summed E-state index contributed by atoms with van der Waals surface area (Å²) in [4.78, 5) is 17.5. The number of hydrogen-bond acceptors (Lipinski definition) is 5. The highest BCUT2D eigenvalue weighted by Gasteiger charge is 2.32. The van der Waals surface area contributed by atoms with E-state index in [0.29, 0.717) is 12.5 Å². The average molecular weight is 397 g/mol. The van der Waals surface area contributed by atoms with Crippen LogP contribution < -0.4 is 9.64 Å². The molecule has 156 valence electrons. The lowest BCUT2D eigenvalue weighted by molar-refractivity contribution is -0.151. The summed E-state index contributed by atoms with van der Waals surface area (Å²) in [6.45, 7) is 8.00. The van der Waals surface area contributed by atoms with E-state index in [2.05, 4.69) is 29.7 Å². The molecule has 0 aliphatic carbocycles. The molecule has 2 aromatic rings. The zero-order valence-electron chi connectivity index (χ0n) is 17.7. The van der Waals surface area contributed by atoms with Gasteiger partial charge in [-0.3, -0.25) is 4.90 Å². The maximum absolute atomic E-state index is 13.0. The molecule has 1 aliphatic rings. The van der Waals surface area contributed by atoms with Gasteiger partial charge in [-0.2, -0.15) is 0 Å². The Balaban J connectivity index is 1.70. The molecule has 1 unspecified atom stereocenters. The summed E-state index contributed by atoms with van der Waals surface area (Å²) < 4.78 is 11.2. The van der Waals surface area contributed by atoms with E-state index in [1.54, 1.807) is 7.11 Å². The Morgan fingerprint density at radius 1 is 0.966 bits per heavy atom. The van der Waals surface area contributed by atoms with E-state index >= 15 is 0 Å². The molecule has 1 fully saturated rings. The number of benzene rings is 2. The fourth-order valence-electron chi connectivity index (χ4n) is 3.72. The molecule has 1 saturated heterocycles. The van der Waals surface area contributed by atoms with E-state index in [4.69, 9.17) is 9.47 Å². The van der Waals surface area contributed by atoms with E-state index in [1.165, 1.54) is 0 Å². The summed E-state index contributed by atoms with van der Waals surface area (Å²) in [7, 11) is 1.70. The van der Waals surface area contributed by atoms with Gasteiger partial charge in [0.15, 0.2) is 0 Å². The third-order valence-electron chi connectivity index (χ3n) is 5.38. The lowest BCUT2D eigenvalue weighted by Crippen LogP contribution is -2.49. The van der Waals surface area contributed by atoms with Crippen LogP contribution in [0.5, 0.6) is 5.75 Å². The fourth-order valence-corrected chi connectivity index (χ4v) is 3.72. The second-order valence-corrected chi connectivity index (χ2v) is 7.86. The second kappa shape index (κ2) is 10.3. The molecule has 0 radical (unpaired) electrons. The number of nitrogens with zero attached hydrogens (tertiary/aromatic N) is 2. The van der Waals surface area contributed by atoms with Crippen molar-refractivity contribution >= 4 is 11.7 Å². The van der Waals surface area contributed by atoms with E-state index in [9.17, 15) is 4.79 Å². The number of methoxy groups -OCH3 is 1. The Bertz CT molecular complexity index is 771. The summed E-state index contributed by atoms with van der Waals surface area (Å²) in [5.74, 6) is 1.25. The number of hydrogen-bond donors (Lipinski definition) is 0. The fraction of sp³-hybridized carbons (Fsp3) is 0.458. The van der Waals surface area contributed by atoms with Crippen LogP contribution in [0.1, 0.15) is 31.9 Å². The number of ether oxygens (including phenoxy) is 2. The first-order valence-electron chi connectivity index (χ1n) is 10.4. The molecule has 0 spiro atoms. The monoisotopic (exact) mass is 396 g/mol. The van der Waals surface area contributed by atoms with Crippen LogP contribution in [-0.4, -0.2) is 50.8 Å². The lowest BCUT2D eigenvalue weighted by atomic mass is 10.0. The molecular formula is C24H32N2O3. The molecular weight excluding hydrogens is 364 g/mol. The summed E-state index contributed by atoms with van der Waals surface area (Å²) in [6, 6.07) is 17.7. The van der Waals surface area contributed by atoms with Crippen LogP contribution in [0.3, 0.4) is 0 Å². The van der Waals surface area contributed by atoms with E-state index in [-0.39, 0.29) is 12.0 Å². The predicted octanol–water partition coefficient (Wildman–Crippen LogP) is 4.15. The standard InChI is InChI=1S/C24H32N2O3/c1-19(2)13-18-29-24(27)23(20-9-5-4-6-10-20)26-16-14-25(15-17-26)21-11-7-8-12-22(21)28-3/h4-12,19,23H,13-18H2,1-3H3. The number of carbonyl (C=O) groups excluding carboxylic acids is 1. The van der Waals surface area contributed by atoms with Crippen LogP contribution in [0.2, 0.25) is 0 Å². The minimum absolute atomic E-state index is 0.150. The molecule has 0 N–H and O–H groups in total. The predicted molar refractivity (Wildman–Crippen MR) is 116 cm³/mol. The highest BCUT2D eigenvalue weighted by molar-refractivity contribution is 5.77. The van der Waals surface area contributed by atoms with Crippen LogP contribution in [-0.2, 0) is 9.53 Å². The Kier molecular flexibility index (Phi) is 7.53. The SMILES string of the molecule is COc1ccccc1N1CCN(C(C(=O)OCCC(C)C)c2ccccc2)CC1. The normalized spacial score (nSPS) is 15.9. The maximum Gasteiger partial charge on any atom is 0.328 e. The van der Waals surface area contributed by atoms with Crippen LogP contribution >= 0.6 is 0 Å². The molecule has 3 rings (SSSR count). The molecule has 0 aromatic heterocycles. The van der Waals surface area contributed by atoms with Gasteiger partial charge >= 0.3 is 5.97 Å². The Morgan fingerprint density at radius 3 is 2.28 bits per heavy atom. The number of anilines is 1. The number of para-hydroxylation sites is 2. The minimum atomic E-state index is -0.358. The Labute approximate surface area is 174 Å². The third kappa shape index (κ3) is 5.51. The van der Waals surface area contributed by atoms with Gasteiger partial charge in [-0.05, 0) is 30.0 Å². The van der Waals surface area contributed by atoms with Crippen LogP contribution in [0.4, 0.5) is 5.69 Å². The molecule has 2 aromatic carbocycles. The molecule has 1 heterocycles. The lowest BCUT2D eigenvalue weighted by Gasteiger charge is -2.39. The van der Waals surface area contributed by atoms with Crippen molar-refractivity contribution < 1.29 is 14.3 Å². The summed E-state index contributed by atoms with van der Waals surface area (Å²) in [6.07, 6.45) is 0.884. The zero-order chi connectivity index (χ0) is 20.6. The molecule has 1 atom stereocenters. The highest BCUT2D eigenvalue weighted by Crippen LogP contribution is 2.30. The number of esters is 1. The van der Waals surface area contributed by atoms with Gasteiger partial charge in [0.2, 0.25) is 0 Å². The smallest absolute Gasteiger partial charge is 0.328 e. The molecule has 5 heteroatoms. The molecule has 0 amide bonds. The van der Waals surface area contributed by atoms with E-state index < -0.39 is 0 Å². The van der Waals surface area contributed by atoms with Crippen molar-refractivity contribution in [3.63, 3.8) is 0 Å². The number of piperazine rings is 1. The molecule has 0 bridgehead atoms. The highest BCUT2D eigenvalue weighted by atomic mass is 16.5. The van der Waals surface area contributed by atoms with Crippen molar-refractivity contribution in [1.29, 1.82) is 0 Å². The topological polar surface area (TPSA) is 42.0 Å². The van der Waals surface area contributed by atoms with Crippen LogP contribution in [0.15, 0.2) is 54.6 Å². The van der Waals surface area contributed by atoms with E-state index in [0.717, 1.165) is 49.6 Å². The van der Waals surface area contributed by atoms with Crippen molar-refractivity contribution in [1.82, 2.24) is 4.90 Å². The van der Waals surface area contributed by atoms with Crippen LogP contribution in [0.25, 0.3) is 0 Å². The average Bonchev–Trinajstić information content (AvgIpc) is 2.75. The largest absolute Gasteiger partial charge is 0.495 e. The summed E-state index contributed by atoms with van der Waals surface area (Å²) >= 11 is 0. The minimum Gasteiger partial charge on any atom is -0.495 e. The second-order valence-electron chi connectivity index (χ2n) is 7.86. The van der Waals surface area contributed by atoms with Crippen molar-refractivity contribution in [3.8, 4) is 5.75 Å². The van der Waals surface area contributed by atoms with Gasteiger partial charge in [0.05, 0.1) is 19.4 Å². The van der Waals surface area contributed by atoms with Gasteiger partial charge in [0.25, 0.3) is 0 Å². The van der Waals surface area contributed by atoms with Crippen LogP contribution in [0, 0.1) is 5.92 Å². The maximum atomic E-state index is 13.0. The Hall–Kier alpha value is -2.53. The van der Waals surface area contributed by atoms with Gasteiger partial charge in [-0.25, -0.2) is 4.79 Å². The number of carbonyl (C=O) groups is 1. The molecule has 29 heavy (non-hydrogen) atoms. The van der Waals surface area contributed by atoms with Gasteiger partial charge < -0.3 is 14.4 Å². The quantitative estimate of drug-likeness (QED) is 0.627. The van der Waals surface area contributed by atoms with Crippen molar-refractivity contribution in [2.24, 2.45) is 5.92 Å². The summed E-state index contributed by atoms with van der Waals surface area (Å²) in [5, 5.41) is 0. The van der Waals surface area contributed by atoms with Crippen molar-refractivity contribution in [2.45, 2.75) is 26.3 Å². The number of rotatable bonds is 8. The zero-order valence-corrected chi connectivity index (χ0v) is 17.7. The molecule has 0 saturated carbocycles. The van der Waals surface area contributed by atoms with Gasteiger partial charge in [-0.1, -0.05) is 56.3 Å². The first-order valence-corrected chi connectivity index (χ1v) is 10.4. The van der Waals surface area contributed by atoms with Gasteiger partial charge in [-0.15, -0.1) is 0 Å². The molecule has 1 aliphatic heterocycles. The summed E-state index contributed by atoms with van der Waals surface area (Å²) in [5.41, 5.74) is 2.10. The van der Waals surface area contributed by atoms with Gasteiger partial charge in [0.1, 0.15) is 11.8 Å². The third-order valence-corrected chi connectivity index (χ3v) is 5.38. The van der Waals surface area contributed by atoms with Crippen molar-refractivity contribution in [3.05, 3.63) is 60.2 Å². The first kappa shape index (κ1) is 21.2. The first-order chi connectivity index (χ1) is 14.1. The van der Waals surface area contributed by atoms with E-state index in [1.807, 2.05) is 48.5 Å². The van der Waals surface area contributed by atoms with Crippen molar-refractivity contribution in [2.75, 3.05) is 44.8 Å². The van der Waals surface area contributed by atoms with Gasteiger partial charge in [0, 0.05) is 26.2 Å².